The van der Waals surface area contributed by atoms with Gasteiger partial charge in [-0.05, 0) is 60.0 Å². The lowest BCUT2D eigenvalue weighted by Gasteiger charge is -2.10. The molecule has 0 spiro atoms. The van der Waals surface area contributed by atoms with Gasteiger partial charge in [-0.3, -0.25) is 0 Å². The Kier molecular flexibility index (Phi) is 4.87. The number of aryl methyl sites for hydroxylation is 1. The van der Waals surface area contributed by atoms with E-state index in [2.05, 4.69) is 37.4 Å². The van der Waals surface area contributed by atoms with E-state index in [1.54, 1.807) is 6.07 Å². The maximum absolute atomic E-state index is 6.08. The first-order valence-corrected chi connectivity index (χ1v) is 7.12. The van der Waals surface area contributed by atoms with E-state index in [0.717, 1.165) is 18.7 Å². The summed E-state index contributed by atoms with van der Waals surface area (Å²) in [5.74, 6) is 0. The molecule has 0 aliphatic rings. The number of hydrogen-bond donors (Lipinski definition) is 1. The first-order chi connectivity index (χ1) is 9.10. The maximum Gasteiger partial charge on any atom is 0.0426 e. The van der Waals surface area contributed by atoms with E-state index < -0.39 is 0 Å². The SMILES string of the molecule is CCNCc1ccc(C)c(-c2cc(Cl)cc(Cl)c2)c1. The second kappa shape index (κ2) is 6.42. The van der Waals surface area contributed by atoms with Gasteiger partial charge < -0.3 is 5.32 Å². The summed E-state index contributed by atoms with van der Waals surface area (Å²) >= 11 is 12.2. The van der Waals surface area contributed by atoms with Crippen molar-refractivity contribution in [3.05, 3.63) is 57.6 Å². The largest absolute Gasteiger partial charge is 0.313 e. The summed E-state index contributed by atoms with van der Waals surface area (Å²) in [6.45, 7) is 6.04. The van der Waals surface area contributed by atoms with Crippen molar-refractivity contribution in [3.63, 3.8) is 0 Å². The molecule has 100 valence electrons. The Labute approximate surface area is 124 Å². The van der Waals surface area contributed by atoms with Crippen molar-refractivity contribution in [1.29, 1.82) is 0 Å². The average Bonchev–Trinajstić information content (AvgIpc) is 2.36. The summed E-state index contributed by atoms with van der Waals surface area (Å²) in [5.41, 5.74) is 4.73. The molecule has 0 radical (unpaired) electrons. The minimum Gasteiger partial charge on any atom is -0.313 e. The van der Waals surface area contributed by atoms with Crippen LogP contribution < -0.4 is 5.32 Å². The van der Waals surface area contributed by atoms with Gasteiger partial charge in [0.05, 0.1) is 0 Å². The molecule has 0 atom stereocenters. The summed E-state index contributed by atoms with van der Waals surface area (Å²) in [7, 11) is 0. The highest BCUT2D eigenvalue weighted by Crippen LogP contribution is 2.30. The van der Waals surface area contributed by atoms with E-state index in [-0.39, 0.29) is 0 Å². The average molecular weight is 294 g/mol. The Balaban J connectivity index is 2.42. The Bertz CT molecular complexity index is 559. The maximum atomic E-state index is 6.08. The van der Waals surface area contributed by atoms with Crippen LogP contribution in [0.25, 0.3) is 11.1 Å². The molecule has 2 aromatic carbocycles. The molecule has 0 heterocycles. The van der Waals surface area contributed by atoms with Gasteiger partial charge in [0.2, 0.25) is 0 Å². The van der Waals surface area contributed by atoms with Crippen LogP contribution in [0.3, 0.4) is 0 Å². The number of benzene rings is 2. The Morgan fingerprint density at radius 2 is 1.68 bits per heavy atom. The molecule has 1 N–H and O–H groups in total. The number of hydrogen-bond acceptors (Lipinski definition) is 1. The highest BCUT2D eigenvalue weighted by molar-refractivity contribution is 6.35. The first kappa shape index (κ1) is 14.4. The Hall–Kier alpha value is -1.02. The molecule has 0 saturated heterocycles. The van der Waals surface area contributed by atoms with Crippen LogP contribution in [0.15, 0.2) is 36.4 Å². The zero-order valence-corrected chi connectivity index (χ0v) is 12.6. The van der Waals surface area contributed by atoms with Crippen molar-refractivity contribution in [3.8, 4) is 11.1 Å². The minimum absolute atomic E-state index is 0.666. The Morgan fingerprint density at radius 3 is 2.32 bits per heavy atom. The van der Waals surface area contributed by atoms with Gasteiger partial charge in [-0.15, -0.1) is 0 Å². The van der Waals surface area contributed by atoms with Gasteiger partial charge in [0.25, 0.3) is 0 Å². The lowest BCUT2D eigenvalue weighted by Crippen LogP contribution is -2.11. The van der Waals surface area contributed by atoms with E-state index >= 15 is 0 Å². The second-order valence-electron chi connectivity index (χ2n) is 4.59. The predicted octanol–water partition coefficient (Wildman–Crippen LogP) is 5.08. The monoisotopic (exact) mass is 293 g/mol. The third kappa shape index (κ3) is 3.73. The van der Waals surface area contributed by atoms with Crippen LogP contribution in [-0.4, -0.2) is 6.54 Å². The van der Waals surface area contributed by atoms with Gasteiger partial charge in [0, 0.05) is 16.6 Å². The molecule has 0 fully saturated rings. The van der Waals surface area contributed by atoms with Gasteiger partial charge in [-0.25, -0.2) is 0 Å². The standard InChI is InChI=1S/C16H17Cl2N/c1-3-19-10-12-5-4-11(2)16(6-12)13-7-14(17)9-15(18)8-13/h4-9,19H,3,10H2,1-2H3. The highest BCUT2D eigenvalue weighted by Gasteiger charge is 2.06. The minimum atomic E-state index is 0.666. The van der Waals surface area contributed by atoms with Crippen molar-refractivity contribution in [2.75, 3.05) is 6.54 Å². The molecular weight excluding hydrogens is 277 g/mol. The van der Waals surface area contributed by atoms with Crippen molar-refractivity contribution >= 4 is 23.2 Å². The van der Waals surface area contributed by atoms with Crippen molar-refractivity contribution in [2.45, 2.75) is 20.4 Å². The molecule has 3 heteroatoms. The second-order valence-corrected chi connectivity index (χ2v) is 5.46. The van der Waals surface area contributed by atoms with Crippen molar-refractivity contribution < 1.29 is 0 Å². The molecule has 0 bridgehead atoms. The van der Waals surface area contributed by atoms with Gasteiger partial charge in [0.15, 0.2) is 0 Å². The fourth-order valence-electron chi connectivity index (χ4n) is 2.07. The first-order valence-electron chi connectivity index (χ1n) is 6.37. The van der Waals surface area contributed by atoms with Crippen LogP contribution in [-0.2, 0) is 6.54 Å². The molecule has 0 unspecified atom stereocenters. The number of nitrogens with one attached hydrogen (secondary N) is 1. The number of halogens is 2. The highest BCUT2D eigenvalue weighted by atomic mass is 35.5. The van der Waals surface area contributed by atoms with Crippen molar-refractivity contribution in [2.24, 2.45) is 0 Å². The molecule has 0 aromatic heterocycles. The van der Waals surface area contributed by atoms with E-state index in [1.165, 1.54) is 16.7 Å². The third-order valence-electron chi connectivity index (χ3n) is 3.05. The fraction of sp³-hybridized carbons (Fsp3) is 0.250. The van der Waals surface area contributed by atoms with Gasteiger partial charge in [-0.2, -0.15) is 0 Å². The lowest BCUT2D eigenvalue weighted by atomic mass is 9.98. The molecule has 0 saturated carbocycles. The third-order valence-corrected chi connectivity index (χ3v) is 3.49. The van der Waals surface area contributed by atoms with E-state index in [9.17, 15) is 0 Å². The smallest absolute Gasteiger partial charge is 0.0426 e. The quantitative estimate of drug-likeness (QED) is 0.829. The van der Waals surface area contributed by atoms with Crippen LogP contribution >= 0.6 is 23.2 Å². The molecule has 2 rings (SSSR count). The summed E-state index contributed by atoms with van der Waals surface area (Å²) in [5, 5.41) is 4.66. The summed E-state index contributed by atoms with van der Waals surface area (Å²) < 4.78 is 0. The molecule has 1 nitrogen and oxygen atoms in total. The summed E-state index contributed by atoms with van der Waals surface area (Å²) in [4.78, 5) is 0. The normalized spacial score (nSPS) is 10.7. The topological polar surface area (TPSA) is 12.0 Å². The van der Waals surface area contributed by atoms with Crippen LogP contribution in [0.2, 0.25) is 10.0 Å². The van der Waals surface area contributed by atoms with Gasteiger partial charge in [0.1, 0.15) is 0 Å². The fourth-order valence-corrected chi connectivity index (χ4v) is 2.59. The molecule has 19 heavy (non-hydrogen) atoms. The van der Waals surface area contributed by atoms with E-state index in [1.807, 2.05) is 12.1 Å². The molecule has 2 aromatic rings. The van der Waals surface area contributed by atoms with Crippen molar-refractivity contribution in [1.82, 2.24) is 5.32 Å². The van der Waals surface area contributed by atoms with E-state index in [0.29, 0.717) is 10.0 Å². The van der Waals surface area contributed by atoms with Crippen LogP contribution in [0.5, 0.6) is 0 Å². The zero-order valence-electron chi connectivity index (χ0n) is 11.1. The molecule has 0 aliphatic carbocycles. The predicted molar refractivity (Wildman–Crippen MR) is 84.0 cm³/mol. The van der Waals surface area contributed by atoms with Crippen LogP contribution in [0.1, 0.15) is 18.1 Å². The zero-order chi connectivity index (χ0) is 13.8. The van der Waals surface area contributed by atoms with E-state index in [4.69, 9.17) is 23.2 Å². The summed E-state index contributed by atoms with van der Waals surface area (Å²) in [6.07, 6.45) is 0. The van der Waals surface area contributed by atoms with Gasteiger partial charge in [-0.1, -0.05) is 42.3 Å². The Morgan fingerprint density at radius 1 is 1.00 bits per heavy atom. The lowest BCUT2D eigenvalue weighted by molar-refractivity contribution is 0.727. The van der Waals surface area contributed by atoms with Gasteiger partial charge >= 0.3 is 0 Å². The molecule has 0 aliphatic heterocycles. The molecule has 0 amide bonds. The number of rotatable bonds is 4. The summed E-state index contributed by atoms with van der Waals surface area (Å²) in [6, 6.07) is 12.1. The van der Waals surface area contributed by atoms with Crippen LogP contribution in [0.4, 0.5) is 0 Å². The molecular formula is C16H17Cl2N. The van der Waals surface area contributed by atoms with Crippen LogP contribution in [0, 0.1) is 6.92 Å².